The Labute approximate surface area is 75.0 Å². The van der Waals surface area contributed by atoms with Crippen molar-refractivity contribution < 1.29 is 0 Å². The van der Waals surface area contributed by atoms with E-state index in [1.807, 2.05) is 6.07 Å². The van der Waals surface area contributed by atoms with E-state index in [0.717, 1.165) is 5.69 Å². The molecule has 0 unspecified atom stereocenters. The zero-order chi connectivity index (χ0) is 9.26. The summed E-state index contributed by atoms with van der Waals surface area (Å²) >= 11 is 0. The van der Waals surface area contributed by atoms with Gasteiger partial charge in [0.15, 0.2) is 0 Å². The Morgan fingerprint density at radius 2 is 2.38 bits per heavy atom. The lowest BCUT2D eigenvalue weighted by atomic mass is 10.4. The quantitative estimate of drug-likeness (QED) is 0.681. The molecule has 0 aliphatic heterocycles. The van der Waals surface area contributed by atoms with E-state index in [4.69, 9.17) is 5.73 Å². The summed E-state index contributed by atoms with van der Waals surface area (Å²) < 4.78 is 3.33. The Bertz CT molecular complexity index is 368. The fraction of sp³-hybridized carbons (Fsp3) is 0.286. The molecule has 2 rings (SSSR count). The van der Waals surface area contributed by atoms with Gasteiger partial charge >= 0.3 is 0 Å². The van der Waals surface area contributed by atoms with Crippen LogP contribution in [0.25, 0.3) is 0 Å². The normalized spacial score (nSPS) is 10.5. The minimum absolute atomic E-state index is 0.602. The highest BCUT2D eigenvalue weighted by Gasteiger charge is 2.02. The Morgan fingerprint density at radius 1 is 1.54 bits per heavy atom. The predicted molar refractivity (Wildman–Crippen MR) is 46.7 cm³/mol. The van der Waals surface area contributed by atoms with Gasteiger partial charge in [0.25, 0.3) is 0 Å². The number of nitrogen functional groups attached to an aromatic ring is 1. The van der Waals surface area contributed by atoms with E-state index in [1.54, 1.807) is 22.7 Å². The van der Waals surface area contributed by atoms with Crippen molar-refractivity contribution in [2.24, 2.45) is 7.05 Å². The Hall–Kier alpha value is -1.85. The standard InChI is InChI=1S/C7H10N6/c1-12-7(8)2-6(11-12)3-13-5-9-4-10-13/h2,4-5H,3,8H2,1H3. The highest BCUT2D eigenvalue weighted by atomic mass is 15.3. The Morgan fingerprint density at radius 3 is 2.92 bits per heavy atom. The molecule has 0 amide bonds. The third-order valence-corrected chi connectivity index (χ3v) is 1.76. The van der Waals surface area contributed by atoms with Crippen LogP contribution in [0.15, 0.2) is 18.7 Å². The van der Waals surface area contributed by atoms with Crippen LogP contribution in [0.5, 0.6) is 0 Å². The van der Waals surface area contributed by atoms with Gasteiger partial charge in [0.2, 0.25) is 0 Å². The van der Waals surface area contributed by atoms with E-state index >= 15 is 0 Å². The lowest BCUT2D eigenvalue weighted by Crippen LogP contribution is -2.01. The van der Waals surface area contributed by atoms with Crippen LogP contribution in [-0.2, 0) is 13.6 Å². The average molecular weight is 178 g/mol. The van der Waals surface area contributed by atoms with Gasteiger partial charge in [0.1, 0.15) is 18.5 Å². The summed E-state index contributed by atoms with van der Waals surface area (Å²) in [5.74, 6) is 0.648. The number of hydrogen-bond donors (Lipinski definition) is 1. The molecule has 0 aromatic carbocycles. The Balaban J connectivity index is 2.19. The molecule has 2 heterocycles. The van der Waals surface area contributed by atoms with E-state index in [-0.39, 0.29) is 0 Å². The number of nitrogens with zero attached hydrogens (tertiary/aromatic N) is 5. The molecule has 0 spiro atoms. The van der Waals surface area contributed by atoms with Gasteiger partial charge in [-0.1, -0.05) is 0 Å². The molecule has 0 bridgehead atoms. The van der Waals surface area contributed by atoms with Crippen molar-refractivity contribution in [3.63, 3.8) is 0 Å². The number of aryl methyl sites for hydroxylation is 1. The fourth-order valence-electron chi connectivity index (χ4n) is 1.10. The first-order valence-corrected chi connectivity index (χ1v) is 3.86. The highest BCUT2D eigenvalue weighted by molar-refractivity contribution is 5.30. The molecule has 2 N–H and O–H groups in total. The predicted octanol–water partition coefficient (Wildman–Crippen LogP) is -0.358. The largest absolute Gasteiger partial charge is 0.384 e. The van der Waals surface area contributed by atoms with Crippen molar-refractivity contribution >= 4 is 5.82 Å². The highest BCUT2D eigenvalue weighted by Crippen LogP contribution is 2.04. The lowest BCUT2D eigenvalue weighted by Gasteiger charge is -1.94. The first-order chi connectivity index (χ1) is 6.25. The van der Waals surface area contributed by atoms with Crippen LogP contribution in [0.3, 0.4) is 0 Å². The summed E-state index contributed by atoms with van der Waals surface area (Å²) in [7, 11) is 1.81. The molecule has 6 heteroatoms. The summed E-state index contributed by atoms with van der Waals surface area (Å²) in [5.41, 5.74) is 6.50. The van der Waals surface area contributed by atoms with Crippen LogP contribution in [0.2, 0.25) is 0 Å². The van der Waals surface area contributed by atoms with Gasteiger partial charge in [0.05, 0.1) is 12.2 Å². The molecule has 0 radical (unpaired) electrons. The van der Waals surface area contributed by atoms with Crippen molar-refractivity contribution in [3.8, 4) is 0 Å². The number of aromatic nitrogens is 5. The molecule has 13 heavy (non-hydrogen) atoms. The summed E-state index contributed by atoms with van der Waals surface area (Å²) in [4.78, 5) is 3.83. The second-order valence-electron chi connectivity index (χ2n) is 2.78. The molecule has 2 aromatic heterocycles. The van der Waals surface area contributed by atoms with Crippen molar-refractivity contribution in [1.82, 2.24) is 24.5 Å². The van der Waals surface area contributed by atoms with E-state index in [1.165, 1.54) is 6.33 Å². The van der Waals surface area contributed by atoms with Crippen LogP contribution in [0.1, 0.15) is 5.69 Å². The Kier molecular flexibility index (Phi) is 1.73. The van der Waals surface area contributed by atoms with Crippen LogP contribution >= 0.6 is 0 Å². The van der Waals surface area contributed by atoms with Gasteiger partial charge in [-0.2, -0.15) is 10.2 Å². The summed E-state index contributed by atoms with van der Waals surface area (Å²) in [6.45, 7) is 0.602. The number of anilines is 1. The molecule has 0 aliphatic rings. The maximum atomic E-state index is 5.62. The molecule has 0 aliphatic carbocycles. The van der Waals surface area contributed by atoms with Crippen LogP contribution in [0, 0.1) is 0 Å². The van der Waals surface area contributed by atoms with Gasteiger partial charge in [-0.25, -0.2) is 9.67 Å². The smallest absolute Gasteiger partial charge is 0.137 e. The van der Waals surface area contributed by atoms with Crippen LogP contribution in [0.4, 0.5) is 5.82 Å². The summed E-state index contributed by atoms with van der Waals surface area (Å²) in [6.07, 6.45) is 3.14. The molecular weight excluding hydrogens is 168 g/mol. The molecule has 0 atom stereocenters. The summed E-state index contributed by atoms with van der Waals surface area (Å²) in [5, 5.41) is 8.15. The van der Waals surface area contributed by atoms with Crippen molar-refractivity contribution in [3.05, 3.63) is 24.4 Å². The van der Waals surface area contributed by atoms with Crippen molar-refractivity contribution in [2.45, 2.75) is 6.54 Å². The van der Waals surface area contributed by atoms with Gasteiger partial charge in [0, 0.05) is 13.1 Å². The monoisotopic (exact) mass is 178 g/mol. The van der Waals surface area contributed by atoms with Crippen LogP contribution < -0.4 is 5.73 Å². The second-order valence-corrected chi connectivity index (χ2v) is 2.78. The molecule has 6 nitrogen and oxygen atoms in total. The number of rotatable bonds is 2. The van der Waals surface area contributed by atoms with Gasteiger partial charge in [-0.05, 0) is 0 Å². The minimum Gasteiger partial charge on any atom is -0.384 e. The number of hydrogen-bond acceptors (Lipinski definition) is 4. The van der Waals surface area contributed by atoms with E-state index in [0.29, 0.717) is 12.4 Å². The van der Waals surface area contributed by atoms with Gasteiger partial charge < -0.3 is 5.73 Å². The molecule has 0 saturated carbocycles. The second kappa shape index (κ2) is 2.89. The third-order valence-electron chi connectivity index (χ3n) is 1.76. The van der Waals surface area contributed by atoms with Crippen LogP contribution in [-0.4, -0.2) is 24.5 Å². The molecule has 68 valence electrons. The van der Waals surface area contributed by atoms with E-state index in [2.05, 4.69) is 15.2 Å². The first-order valence-electron chi connectivity index (χ1n) is 3.86. The molecule has 0 fully saturated rings. The van der Waals surface area contributed by atoms with Gasteiger partial charge in [-0.3, -0.25) is 4.68 Å². The third kappa shape index (κ3) is 1.51. The molecule has 0 saturated heterocycles. The molecular formula is C7H10N6. The minimum atomic E-state index is 0.602. The number of nitrogens with two attached hydrogens (primary N) is 1. The van der Waals surface area contributed by atoms with Gasteiger partial charge in [-0.15, -0.1) is 0 Å². The topological polar surface area (TPSA) is 74.5 Å². The molecule has 2 aromatic rings. The lowest BCUT2D eigenvalue weighted by molar-refractivity contribution is 0.650. The summed E-state index contributed by atoms with van der Waals surface area (Å²) in [6, 6.07) is 1.82. The zero-order valence-electron chi connectivity index (χ0n) is 7.25. The maximum absolute atomic E-state index is 5.62. The average Bonchev–Trinajstić information content (AvgIpc) is 2.64. The first kappa shape index (κ1) is 7.78. The zero-order valence-corrected chi connectivity index (χ0v) is 7.25. The van der Waals surface area contributed by atoms with Crippen molar-refractivity contribution in [2.75, 3.05) is 5.73 Å². The fourth-order valence-corrected chi connectivity index (χ4v) is 1.10. The van der Waals surface area contributed by atoms with E-state index < -0.39 is 0 Å². The maximum Gasteiger partial charge on any atom is 0.137 e. The van der Waals surface area contributed by atoms with E-state index in [9.17, 15) is 0 Å². The SMILES string of the molecule is Cn1nc(Cn2cncn2)cc1N. The van der Waals surface area contributed by atoms with Crippen molar-refractivity contribution in [1.29, 1.82) is 0 Å².